The van der Waals surface area contributed by atoms with Crippen molar-refractivity contribution in [3.05, 3.63) is 52.7 Å². The molecule has 0 amide bonds. The molecule has 0 saturated heterocycles. The summed E-state index contributed by atoms with van der Waals surface area (Å²) >= 11 is 0. The zero-order chi connectivity index (χ0) is 13.9. The lowest BCUT2D eigenvalue weighted by molar-refractivity contribution is -0.384. The second-order valence-electron chi connectivity index (χ2n) is 3.93. The number of nitrogens with one attached hydrogen (secondary N) is 2. The SMILES string of the molecule is O=[N+]([O-])c1cccc(Nc2nnc(-c3ccc[nH]3)o2)c1. The van der Waals surface area contributed by atoms with E-state index >= 15 is 0 Å². The molecule has 20 heavy (non-hydrogen) atoms. The smallest absolute Gasteiger partial charge is 0.320 e. The Morgan fingerprint density at radius 2 is 2.15 bits per heavy atom. The minimum Gasteiger partial charge on any atom is -0.402 e. The van der Waals surface area contributed by atoms with Crippen LogP contribution in [-0.4, -0.2) is 20.1 Å². The molecule has 3 rings (SSSR count). The summed E-state index contributed by atoms with van der Waals surface area (Å²) < 4.78 is 5.40. The third-order valence-electron chi connectivity index (χ3n) is 2.56. The minimum absolute atomic E-state index is 0.0147. The van der Waals surface area contributed by atoms with Crippen LogP contribution in [0.15, 0.2) is 47.0 Å². The van der Waals surface area contributed by atoms with Crippen molar-refractivity contribution in [2.45, 2.75) is 0 Å². The highest BCUT2D eigenvalue weighted by Crippen LogP contribution is 2.23. The first kappa shape index (κ1) is 11.9. The van der Waals surface area contributed by atoms with Crippen LogP contribution < -0.4 is 5.32 Å². The topological polar surface area (TPSA) is 110 Å². The van der Waals surface area contributed by atoms with E-state index in [0.717, 1.165) is 0 Å². The van der Waals surface area contributed by atoms with Crippen molar-refractivity contribution in [3.8, 4) is 11.6 Å². The van der Waals surface area contributed by atoms with E-state index in [1.54, 1.807) is 24.4 Å². The van der Waals surface area contributed by atoms with E-state index in [1.807, 2.05) is 6.07 Å². The molecule has 1 aromatic carbocycles. The van der Waals surface area contributed by atoms with Crippen LogP contribution in [0.3, 0.4) is 0 Å². The van der Waals surface area contributed by atoms with Crippen LogP contribution in [0.4, 0.5) is 17.4 Å². The predicted molar refractivity (Wildman–Crippen MR) is 70.5 cm³/mol. The zero-order valence-electron chi connectivity index (χ0n) is 10.1. The Labute approximate surface area is 112 Å². The van der Waals surface area contributed by atoms with Crippen LogP contribution in [0.25, 0.3) is 11.6 Å². The number of benzene rings is 1. The fourth-order valence-electron chi connectivity index (χ4n) is 1.67. The Morgan fingerprint density at radius 3 is 2.90 bits per heavy atom. The van der Waals surface area contributed by atoms with E-state index in [-0.39, 0.29) is 11.7 Å². The number of hydrogen-bond donors (Lipinski definition) is 2. The molecule has 0 aliphatic carbocycles. The van der Waals surface area contributed by atoms with E-state index in [0.29, 0.717) is 17.3 Å². The van der Waals surface area contributed by atoms with Crippen LogP contribution in [0.2, 0.25) is 0 Å². The van der Waals surface area contributed by atoms with Gasteiger partial charge in [-0.1, -0.05) is 11.2 Å². The van der Waals surface area contributed by atoms with Crippen molar-refractivity contribution in [2.24, 2.45) is 0 Å². The number of rotatable bonds is 4. The van der Waals surface area contributed by atoms with Gasteiger partial charge in [0, 0.05) is 24.0 Å². The van der Waals surface area contributed by atoms with E-state index in [4.69, 9.17) is 4.42 Å². The Balaban J connectivity index is 1.81. The maximum atomic E-state index is 10.7. The molecule has 0 spiro atoms. The van der Waals surface area contributed by atoms with Gasteiger partial charge < -0.3 is 14.7 Å². The molecule has 2 N–H and O–H groups in total. The number of aromatic amines is 1. The number of H-pyrrole nitrogens is 1. The average Bonchev–Trinajstić information content (AvgIpc) is 3.09. The van der Waals surface area contributed by atoms with Gasteiger partial charge in [0.25, 0.3) is 11.6 Å². The molecular formula is C12H9N5O3. The Kier molecular flexibility index (Phi) is 2.88. The molecule has 0 radical (unpaired) electrons. The minimum atomic E-state index is -0.469. The van der Waals surface area contributed by atoms with E-state index in [1.165, 1.54) is 12.1 Å². The van der Waals surface area contributed by atoms with Gasteiger partial charge in [0.05, 0.1) is 4.92 Å². The fraction of sp³-hybridized carbons (Fsp3) is 0. The first-order chi connectivity index (χ1) is 9.72. The summed E-state index contributed by atoms with van der Waals surface area (Å²) in [5, 5.41) is 21.2. The number of hydrogen-bond acceptors (Lipinski definition) is 6. The standard InChI is InChI=1S/C12H9N5O3/c18-17(19)9-4-1-3-8(7-9)14-12-16-15-11(20-12)10-5-2-6-13-10/h1-7,13H,(H,14,16). The van der Waals surface area contributed by atoms with Crippen molar-refractivity contribution in [3.63, 3.8) is 0 Å². The lowest BCUT2D eigenvalue weighted by Gasteiger charge is -2.00. The van der Waals surface area contributed by atoms with Crippen LogP contribution in [-0.2, 0) is 0 Å². The highest BCUT2D eigenvalue weighted by Gasteiger charge is 2.11. The van der Waals surface area contributed by atoms with Gasteiger partial charge in [0.2, 0.25) is 0 Å². The van der Waals surface area contributed by atoms with Gasteiger partial charge in [0.15, 0.2) is 0 Å². The first-order valence-electron chi connectivity index (χ1n) is 5.71. The van der Waals surface area contributed by atoms with Crippen molar-refractivity contribution >= 4 is 17.4 Å². The van der Waals surface area contributed by atoms with Crippen LogP contribution in [0.5, 0.6) is 0 Å². The summed E-state index contributed by atoms with van der Waals surface area (Å²) in [5.74, 6) is 0.336. The Morgan fingerprint density at radius 1 is 1.25 bits per heavy atom. The molecule has 2 heterocycles. The van der Waals surface area contributed by atoms with Crippen molar-refractivity contribution in [1.29, 1.82) is 0 Å². The van der Waals surface area contributed by atoms with Gasteiger partial charge in [-0.2, -0.15) is 0 Å². The normalized spacial score (nSPS) is 10.4. The van der Waals surface area contributed by atoms with Gasteiger partial charge in [-0.25, -0.2) is 0 Å². The highest BCUT2D eigenvalue weighted by atomic mass is 16.6. The molecule has 2 aromatic heterocycles. The molecule has 0 aliphatic rings. The molecule has 0 atom stereocenters. The maximum Gasteiger partial charge on any atom is 0.320 e. The second kappa shape index (κ2) is 4.84. The van der Waals surface area contributed by atoms with Gasteiger partial charge in [-0.15, -0.1) is 5.10 Å². The number of anilines is 2. The molecule has 0 bridgehead atoms. The monoisotopic (exact) mass is 271 g/mol. The number of nitrogens with zero attached hydrogens (tertiary/aromatic N) is 3. The molecule has 8 nitrogen and oxygen atoms in total. The average molecular weight is 271 g/mol. The van der Waals surface area contributed by atoms with E-state index < -0.39 is 4.92 Å². The number of nitro benzene ring substituents is 1. The van der Waals surface area contributed by atoms with E-state index in [2.05, 4.69) is 20.5 Å². The maximum absolute atomic E-state index is 10.7. The number of non-ortho nitro benzene ring substituents is 1. The Bertz CT molecular complexity index is 735. The fourth-order valence-corrected chi connectivity index (χ4v) is 1.67. The van der Waals surface area contributed by atoms with Gasteiger partial charge >= 0.3 is 6.01 Å². The van der Waals surface area contributed by atoms with Crippen molar-refractivity contribution in [1.82, 2.24) is 15.2 Å². The summed E-state index contributed by atoms with van der Waals surface area (Å²) in [7, 11) is 0. The van der Waals surface area contributed by atoms with Gasteiger partial charge in [-0.05, 0) is 18.2 Å². The zero-order valence-corrected chi connectivity index (χ0v) is 10.1. The first-order valence-corrected chi connectivity index (χ1v) is 5.71. The summed E-state index contributed by atoms with van der Waals surface area (Å²) in [4.78, 5) is 13.2. The molecule has 0 unspecified atom stereocenters. The molecular weight excluding hydrogens is 262 g/mol. The molecule has 0 fully saturated rings. The quantitative estimate of drug-likeness (QED) is 0.557. The van der Waals surface area contributed by atoms with Gasteiger partial charge in [-0.3, -0.25) is 10.1 Å². The summed E-state index contributed by atoms with van der Waals surface area (Å²) in [6.45, 7) is 0. The third-order valence-corrected chi connectivity index (χ3v) is 2.56. The lowest BCUT2D eigenvalue weighted by Crippen LogP contribution is -1.93. The molecule has 0 aliphatic heterocycles. The third kappa shape index (κ3) is 2.34. The molecule has 8 heteroatoms. The molecule has 100 valence electrons. The number of nitro groups is 1. The number of aromatic nitrogens is 3. The lowest BCUT2D eigenvalue weighted by atomic mass is 10.3. The second-order valence-corrected chi connectivity index (χ2v) is 3.93. The van der Waals surface area contributed by atoms with Crippen LogP contribution >= 0.6 is 0 Å². The van der Waals surface area contributed by atoms with Gasteiger partial charge in [0.1, 0.15) is 5.69 Å². The predicted octanol–water partition coefficient (Wildman–Crippen LogP) is 2.72. The van der Waals surface area contributed by atoms with Crippen LogP contribution in [0, 0.1) is 10.1 Å². The molecule has 0 saturated carbocycles. The van der Waals surface area contributed by atoms with Crippen LogP contribution in [0.1, 0.15) is 0 Å². The van der Waals surface area contributed by atoms with Crippen molar-refractivity contribution in [2.75, 3.05) is 5.32 Å². The van der Waals surface area contributed by atoms with E-state index in [9.17, 15) is 10.1 Å². The van der Waals surface area contributed by atoms with Crippen molar-refractivity contribution < 1.29 is 9.34 Å². The molecule has 3 aromatic rings. The Hall–Kier alpha value is -3.16. The summed E-state index contributed by atoms with van der Waals surface area (Å²) in [6, 6.07) is 9.81. The largest absolute Gasteiger partial charge is 0.402 e. The highest BCUT2D eigenvalue weighted by molar-refractivity contribution is 5.57. The summed E-state index contributed by atoms with van der Waals surface area (Å²) in [5.41, 5.74) is 1.18. The summed E-state index contributed by atoms with van der Waals surface area (Å²) in [6.07, 6.45) is 1.74.